The van der Waals surface area contributed by atoms with E-state index in [1.807, 2.05) is 12.1 Å². The van der Waals surface area contributed by atoms with Gasteiger partial charge in [-0.3, -0.25) is 9.17 Å². The summed E-state index contributed by atoms with van der Waals surface area (Å²) in [5.41, 5.74) is 7.15. The van der Waals surface area contributed by atoms with Crippen molar-refractivity contribution in [1.29, 1.82) is 0 Å². The lowest BCUT2D eigenvalue weighted by Crippen LogP contribution is -2.38. The Bertz CT molecular complexity index is 489. The van der Waals surface area contributed by atoms with Gasteiger partial charge in [0.15, 0.2) is 0 Å². The van der Waals surface area contributed by atoms with Crippen molar-refractivity contribution < 1.29 is 12.6 Å². The summed E-state index contributed by atoms with van der Waals surface area (Å²) in [4.78, 5) is 4.08. The van der Waals surface area contributed by atoms with Crippen molar-refractivity contribution in [2.24, 2.45) is 5.73 Å². The van der Waals surface area contributed by atoms with E-state index in [2.05, 4.69) is 4.98 Å². The van der Waals surface area contributed by atoms with Crippen LogP contribution in [-0.2, 0) is 14.3 Å². The molecule has 0 saturated heterocycles. The highest BCUT2D eigenvalue weighted by molar-refractivity contribution is 7.86. The third-order valence-electron chi connectivity index (χ3n) is 3.28. The summed E-state index contributed by atoms with van der Waals surface area (Å²) in [6.07, 6.45) is 6.38. The highest BCUT2D eigenvalue weighted by Crippen LogP contribution is 2.33. The standard InChI is InChI=1S/C12H18N2O3S/c1-18(15,16)17-10-4-5-12(13)11(7-10)9-3-2-6-14-8-9/h2-3,6,8,10-12H,4-5,7,13H2,1H3. The molecule has 2 N–H and O–H groups in total. The van der Waals surface area contributed by atoms with Gasteiger partial charge >= 0.3 is 0 Å². The molecule has 3 unspecified atom stereocenters. The quantitative estimate of drug-likeness (QED) is 0.829. The molecule has 0 aliphatic heterocycles. The molecular formula is C12H18N2O3S. The summed E-state index contributed by atoms with van der Waals surface area (Å²) in [7, 11) is -3.40. The molecule has 5 nitrogen and oxygen atoms in total. The summed E-state index contributed by atoms with van der Waals surface area (Å²) >= 11 is 0. The second-order valence-electron chi connectivity index (χ2n) is 4.79. The molecule has 1 aliphatic rings. The average Bonchev–Trinajstić information content (AvgIpc) is 2.31. The fourth-order valence-corrected chi connectivity index (χ4v) is 3.14. The van der Waals surface area contributed by atoms with E-state index in [-0.39, 0.29) is 18.1 Å². The fourth-order valence-electron chi connectivity index (χ4n) is 2.47. The molecule has 6 heteroatoms. The Labute approximate surface area is 107 Å². The van der Waals surface area contributed by atoms with Crippen LogP contribution in [0.25, 0.3) is 0 Å². The number of nitrogens with zero attached hydrogens (tertiary/aromatic N) is 1. The maximum absolute atomic E-state index is 11.2. The van der Waals surface area contributed by atoms with E-state index in [1.165, 1.54) is 0 Å². The highest BCUT2D eigenvalue weighted by atomic mass is 32.2. The van der Waals surface area contributed by atoms with Crippen LogP contribution in [0.4, 0.5) is 0 Å². The molecule has 2 rings (SSSR count). The molecule has 1 aromatic heterocycles. The molecule has 18 heavy (non-hydrogen) atoms. The van der Waals surface area contributed by atoms with Gasteiger partial charge in [-0.2, -0.15) is 8.42 Å². The Balaban J connectivity index is 2.10. The van der Waals surface area contributed by atoms with Crippen LogP contribution in [0.5, 0.6) is 0 Å². The van der Waals surface area contributed by atoms with E-state index >= 15 is 0 Å². The van der Waals surface area contributed by atoms with Gasteiger partial charge in [0, 0.05) is 24.4 Å². The van der Waals surface area contributed by atoms with Gasteiger partial charge in [0.05, 0.1) is 12.4 Å². The van der Waals surface area contributed by atoms with Crippen LogP contribution in [-0.4, -0.2) is 31.8 Å². The second kappa shape index (κ2) is 5.34. The van der Waals surface area contributed by atoms with Crippen molar-refractivity contribution in [3.05, 3.63) is 30.1 Å². The van der Waals surface area contributed by atoms with E-state index in [4.69, 9.17) is 9.92 Å². The molecule has 0 amide bonds. The van der Waals surface area contributed by atoms with Crippen LogP contribution in [0, 0.1) is 0 Å². The third kappa shape index (κ3) is 3.51. The zero-order chi connectivity index (χ0) is 13.2. The van der Waals surface area contributed by atoms with Crippen molar-refractivity contribution in [2.75, 3.05) is 6.26 Å². The van der Waals surface area contributed by atoms with Gasteiger partial charge in [-0.25, -0.2) is 0 Å². The van der Waals surface area contributed by atoms with Crippen LogP contribution in [0.2, 0.25) is 0 Å². The van der Waals surface area contributed by atoms with Crippen molar-refractivity contribution in [2.45, 2.75) is 37.3 Å². The smallest absolute Gasteiger partial charge is 0.264 e. The molecule has 1 fully saturated rings. The minimum Gasteiger partial charge on any atom is -0.327 e. The molecule has 0 bridgehead atoms. The summed E-state index contributed by atoms with van der Waals surface area (Å²) in [6, 6.07) is 3.87. The van der Waals surface area contributed by atoms with Crippen molar-refractivity contribution in [3.8, 4) is 0 Å². The molecule has 0 spiro atoms. The molecule has 1 saturated carbocycles. The van der Waals surface area contributed by atoms with E-state index in [0.29, 0.717) is 12.8 Å². The summed E-state index contributed by atoms with van der Waals surface area (Å²) in [5.74, 6) is 0.110. The van der Waals surface area contributed by atoms with E-state index in [1.54, 1.807) is 12.4 Å². The van der Waals surface area contributed by atoms with Gasteiger partial charge in [-0.1, -0.05) is 6.07 Å². The lowest BCUT2D eigenvalue weighted by Gasteiger charge is -2.33. The number of pyridine rings is 1. The Hall–Kier alpha value is -0.980. The fraction of sp³-hybridized carbons (Fsp3) is 0.583. The number of rotatable bonds is 3. The Morgan fingerprint density at radius 2 is 2.22 bits per heavy atom. The van der Waals surface area contributed by atoms with Crippen LogP contribution >= 0.6 is 0 Å². The number of hydrogen-bond donors (Lipinski definition) is 1. The Morgan fingerprint density at radius 3 is 2.83 bits per heavy atom. The maximum Gasteiger partial charge on any atom is 0.264 e. The number of hydrogen-bond acceptors (Lipinski definition) is 5. The van der Waals surface area contributed by atoms with Gasteiger partial charge in [0.1, 0.15) is 0 Å². The Morgan fingerprint density at radius 1 is 1.44 bits per heavy atom. The highest BCUT2D eigenvalue weighted by Gasteiger charge is 2.31. The minimum absolute atomic E-state index is 0.0358. The molecule has 1 aromatic rings. The first-order valence-corrected chi connectivity index (χ1v) is 7.81. The average molecular weight is 270 g/mol. The van der Waals surface area contributed by atoms with E-state index < -0.39 is 10.1 Å². The van der Waals surface area contributed by atoms with Crippen LogP contribution in [0.3, 0.4) is 0 Å². The first-order chi connectivity index (χ1) is 8.46. The molecule has 3 atom stereocenters. The van der Waals surface area contributed by atoms with Crippen molar-refractivity contribution >= 4 is 10.1 Å². The lowest BCUT2D eigenvalue weighted by atomic mass is 9.80. The van der Waals surface area contributed by atoms with Crippen LogP contribution in [0.15, 0.2) is 24.5 Å². The summed E-state index contributed by atoms with van der Waals surface area (Å²) in [5, 5.41) is 0. The lowest BCUT2D eigenvalue weighted by molar-refractivity contribution is 0.142. The molecule has 0 radical (unpaired) electrons. The zero-order valence-corrected chi connectivity index (χ0v) is 11.1. The SMILES string of the molecule is CS(=O)(=O)OC1CCC(N)C(c2cccnc2)C1. The number of nitrogens with two attached hydrogens (primary N) is 1. The largest absolute Gasteiger partial charge is 0.327 e. The molecule has 1 aliphatic carbocycles. The van der Waals surface area contributed by atoms with Crippen molar-refractivity contribution in [3.63, 3.8) is 0 Å². The van der Waals surface area contributed by atoms with Gasteiger partial charge in [-0.15, -0.1) is 0 Å². The van der Waals surface area contributed by atoms with Gasteiger partial charge in [0.2, 0.25) is 0 Å². The third-order valence-corrected chi connectivity index (χ3v) is 3.90. The van der Waals surface area contributed by atoms with E-state index in [9.17, 15) is 8.42 Å². The molecule has 0 aromatic carbocycles. The molecule has 1 heterocycles. The number of aromatic nitrogens is 1. The van der Waals surface area contributed by atoms with Gasteiger partial charge < -0.3 is 5.73 Å². The monoisotopic (exact) mass is 270 g/mol. The normalized spacial score (nSPS) is 29.1. The molecule has 100 valence electrons. The zero-order valence-electron chi connectivity index (χ0n) is 10.3. The predicted molar refractivity (Wildman–Crippen MR) is 68.5 cm³/mol. The second-order valence-corrected chi connectivity index (χ2v) is 6.39. The topological polar surface area (TPSA) is 82.3 Å². The minimum atomic E-state index is -3.40. The van der Waals surface area contributed by atoms with Crippen LogP contribution < -0.4 is 5.73 Å². The van der Waals surface area contributed by atoms with E-state index in [0.717, 1.165) is 18.2 Å². The first-order valence-electron chi connectivity index (χ1n) is 5.99. The maximum atomic E-state index is 11.2. The van der Waals surface area contributed by atoms with Gasteiger partial charge in [0.25, 0.3) is 10.1 Å². The van der Waals surface area contributed by atoms with Crippen molar-refractivity contribution in [1.82, 2.24) is 4.98 Å². The first kappa shape index (κ1) is 13.5. The Kier molecular flexibility index (Phi) is 3.99. The predicted octanol–water partition coefficient (Wildman–Crippen LogP) is 1.02. The summed E-state index contributed by atoms with van der Waals surface area (Å²) < 4.78 is 27.4. The van der Waals surface area contributed by atoms with Crippen LogP contribution in [0.1, 0.15) is 30.7 Å². The molecular weight excluding hydrogens is 252 g/mol. The van der Waals surface area contributed by atoms with Gasteiger partial charge in [-0.05, 0) is 30.9 Å². The summed E-state index contributed by atoms with van der Waals surface area (Å²) in [6.45, 7) is 0.